The number of aromatic nitrogens is 2. The summed E-state index contributed by atoms with van der Waals surface area (Å²) < 4.78 is 38.1. The number of piperazine rings is 1. The molecule has 1 aliphatic carbocycles. The van der Waals surface area contributed by atoms with Gasteiger partial charge in [-0.2, -0.15) is 13.2 Å². The van der Waals surface area contributed by atoms with Gasteiger partial charge in [0.1, 0.15) is 18.4 Å². The zero-order valence-electron chi connectivity index (χ0n) is 19.4. The first-order chi connectivity index (χ1) is 16.7. The molecule has 1 saturated heterocycles. The topological polar surface area (TPSA) is 81.6 Å². The standard InChI is InChI=1S/C24H29ClF3N5O2/c1-15-12-19(35)21-20(15)23(31-14-30-21)33-10-8-32(9-11-33)22(16-2-4-17(25)5-3-16)18(13-34)29-7-6-24(26,27)28/h2-5,13-15,18-19,22,29,35H,6-12H2,1H3/t15-,18?,19-,22?/m1/s1. The highest BCUT2D eigenvalue weighted by molar-refractivity contribution is 6.30. The summed E-state index contributed by atoms with van der Waals surface area (Å²) in [4.78, 5) is 25.1. The lowest BCUT2D eigenvalue weighted by molar-refractivity contribution is -0.134. The number of aliphatic hydroxyl groups is 1. The Kier molecular flexibility index (Phi) is 7.95. The van der Waals surface area contributed by atoms with Crippen LogP contribution >= 0.6 is 11.6 Å². The maximum absolute atomic E-state index is 12.7. The molecule has 4 atom stereocenters. The summed E-state index contributed by atoms with van der Waals surface area (Å²) in [5.74, 6) is 0.963. The van der Waals surface area contributed by atoms with Crippen molar-refractivity contribution in [3.63, 3.8) is 0 Å². The highest BCUT2D eigenvalue weighted by Gasteiger charge is 2.36. The van der Waals surface area contributed by atoms with Crippen molar-refractivity contribution in [2.75, 3.05) is 37.6 Å². The number of alkyl halides is 3. The summed E-state index contributed by atoms with van der Waals surface area (Å²) in [5, 5.41) is 13.6. The maximum atomic E-state index is 12.7. The predicted octanol–water partition coefficient (Wildman–Crippen LogP) is 3.64. The molecule has 2 aliphatic rings. The zero-order valence-corrected chi connectivity index (χ0v) is 20.1. The molecule has 0 radical (unpaired) electrons. The van der Waals surface area contributed by atoms with Crippen LogP contribution in [0.25, 0.3) is 0 Å². The number of aliphatic hydroxyl groups excluding tert-OH is 1. The Labute approximate surface area is 207 Å². The van der Waals surface area contributed by atoms with Crippen molar-refractivity contribution in [2.45, 2.75) is 50.0 Å². The zero-order chi connectivity index (χ0) is 25.2. The Morgan fingerprint density at radius 3 is 2.51 bits per heavy atom. The molecule has 7 nitrogen and oxygen atoms in total. The van der Waals surface area contributed by atoms with Crippen molar-refractivity contribution in [3.8, 4) is 0 Å². The fraction of sp³-hybridized carbons (Fsp3) is 0.542. The monoisotopic (exact) mass is 511 g/mol. The van der Waals surface area contributed by atoms with Crippen LogP contribution in [-0.4, -0.2) is 71.2 Å². The first-order valence-electron chi connectivity index (χ1n) is 11.7. The second-order valence-corrected chi connectivity index (χ2v) is 9.59. The summed E-state index contributed by atoms with van der Waals surface area (Å²) >= 11 is 6.04. The Morgan fingerprint density at radius 2 is 1.89 bits per heavy atom. The fourth-order valence-electron chi connectivity index (χ4n) is 5.09. The van der Waals surface area contributed by atoms with Gasteiger partial charge in [0.2, 0.25) is 0 Å². The number of nitrogens with one attached hydrogen (secondary N) is 1. The molecule has 0 saturated carbocycles. The van der Waals surface area contributed by atoms with E-state index in [1.807, 2.05) is 12.1 Å². The number of carbonyl (C=O) groups is 1. The number of rotatable bonds is 8. The number of aldehydes is 1. The lowest BCUT2D eigenvalue weighted by atomic mass is 9.97. The molecule has 4 rings (SSSR count). The average Bonchev–Trinajstić information content (AvgIpc) is 3.12. The first-order valence-corrected chi connectivity index (χ1v) is 12.1. The van der Waals surface area contributed by atoms with Crippen LogP contribution in [0.5, 0.6) is 0 Å². The van der Waals surface area contributed by atoms with Crippen LogP contribution in [0.1, 0.15) is 54.6 Å². The van der Waals surface area contributed by atoms with E-state index >= 15 is 0 Å². The van der Waals surface area contributed by atoms with Crippen LogP contribution in [0.2, 0.25) is 5.02 Å². The minimum absolute atomic E-state index is 0.147. The third kappa shape index (κ3) is 5.94. The van der Waals surface area contributed by atoms with Gasteiger partial charge in [-0.1, -0.05) is 30.7 Å². The third-order valence-corrected chi connectivity index (χ3v) is 7.02. The van der Waals surface area contributed by atoms with E-state index in [4.69, 9.17) is 11.6 Å². The molecular formula is C24H29ClF3N5O2. The molecule has 1 fully saturated rings. The van der Waals surface area contributed by atoms with E-state index in [1.165, 1.54) is 6.33 Å². The van der Waals surface area contributed by atoms with Crippen molar-refractivity contribution in [1.29, 1.82) is 0 Å². The van der Waals surface area contributed by atoms with Crippen LogP contribution < -0.4 is 10.2 Å². The van der Waals surface area contributed by atoms with Crippen LogP contribution in [0.15, 0.2) is 30.6 Å². The molecule has 0 spiro atoms. The van der Waals surface area contributed by atoms with Crippen LogP contribution in [-0.2, 0) is 4.79 Å². The van der Waals surface area contributed by atoms with Gasteiger partial charge in [-0.3, -0.25) is 4.90 Å². The first kappa shape index (κ1) is 25.8. The number of carbonyl (C=O) groups excluding carboxylic acids is 1. The smallest absolute Gasteiger partial charge is 0.387 e. The highest BCUT2D eigenvalue weighted by Crippen LogP contribution is 2.43. The van der Waals surface area contributed by atoms with Crippen LogP contribution in [0, 0.1) is 0 Å². The van der Waals surface area contributed by atoms with Gasteiger partial charge in [-0.25, -0.2) is 9.97 Å². The normalized spacial score (nSPS) is 22.6. The number of halogens is 4. The van der Waals surface area contributed by atoms with Gasteiger partial charge >= 0.3 is 6.18 Å². The molecule has 1 aromatic carbocycles. The SMILES string of the molecule is C[C@@H]1C[C@@H](O)c2ncnc(N3CCN(C(c4ccc(Cl)cc4)C(C=O)NCCC(F)(F)F)CC3)c21. The lowest BCUT2D eigenvalue weighted by Gasteiger charge is -2.42. The predicted molar refractivity (Wildman–Crippen MR) is 127 cm³/mol. The summed E-state index contributed by atoms with van der Waals surface area (Å²) in [5.41, 5.74) is 2.46. The maximum Gasteiger partial charge on any atom is 0.390 e. The Hall–Kier alpha value is -2.27. The molecule has 11 heteroatoms. The van der Waals surface area contributed by atoms with E-state index in [9.17, 15) is 23.1 Å². The number of hydrogen-bond donors (Lipinski definition) is 2. The van der Waals surface area contributed by atoms with Gasteiger partial charge in [0.25, 0.3) is 0 Å². The third-order valence-electron chi connectivity index (χ3n) is 6.77. The number of fused-ring (bicyclic) bond motifs is 1. The molecule has 1 aromatic heterocycles. The molecule has 2 heterocycles. The van der Waals surface area contributed by atoms with Gasteiger partial charge in [-0.15, -0.1) is 0 Å². The fourth-order valence-corrected chi connectivity index (χ4v) is 5.21. The molecule has 0 bridgehead atoms. The second-order valence-electron chi connectivity index (χ2n) is 9.15. The highest BCUT2D eigenvalue weighted by atomic mass is 35.5. The van der Waals surface area contributed by atoms with E-state index in [0.717, 1.165) is 16.9 Å². The van der Waals surface area contributed by atoms with Gasteiger partial charge < -0.3 is 20.1 Å². The van der Waals surface area contributed by atoms with Crippen molar-refractivity contribution in [2.24, 2.45) is 0 Å². The van der Waals surface area contributed by atoms with E-state index in [-0.39, 0.29) is 12.5 Å². The minimum Gasteiger partial charge on any atom is -0.387 e. The number of nitrogens with zero attached hydrogens (tertiary/aromatic N) is 4. The number of anilines is 1. The molecule has 2 N–H and O–H groups in total. The van der Waals surface area contributed by atoms with Crippen LogP contribution in [0.4, 0.5) is 19.0 Å². The van der Waals surface area contributed by atoms with E-state index in [1.54, 1.807) is 12.1 Å². The second kappa shape index (κ2) is 10.8. The van der Waals surface area contributed by atoms with E-state index < -0.39 is 30.8 Å². The molecule has 0 amide bonds. The van der Waals surface area contributed by atoms with Gasteiger partial charge in [0.05, 0.1) is 30.3 Å². The van der Waals surface area contributed by atoms with E-state index in [2.05, 4.69) is 32.0 Å². The average molecular weight is 512 g/mol. The Balaban J connectivity index is 1.52. The Morgan fingerprint density at radius 1 is 1.20 bits per heavy atom. The Bertz CT molecular complexity index is 1020. The van der Waals surface area contributed by atoms with Gasteiger partial charge in [0, 0.05) is 43.3 Å². The van der Waals surface area contributed by atoms with Crippen molar-refractivity contribution in [1.82, 2.24) is 20.2 Å². The number of hydrogen-bond acceptors (Lipinski definition) is 7. The van der Waals surface area contributed by atoms with Gasteiger partial charge in [0.15, 0.2) is 0 Å². The summed E-state index contributed by atoms with van der Waals surface area (Å²) in [6.07, 6.45) is -3.13. The summed E-state index contributed by atoms with van der Waals surface area (Å²) in [7, 11) is 0. The van der Waals surface area contributed by atoms with Crippen LogP contribution in [0.3, 0.4) is 0 Å². The molecule has 1 aliphatic heterocycles. The van der Waals surface area contributed by atoms with Crippen molar-refractivity contribution >= 4 is 23.7 Å². The molecule has 2 aromatic rings. The number of benzene rings is 1. The van der Waals surface area contributed by atoms with Crippen molar-refractivity contribution in [3.05, 3.63) is 52.4 Å². The van der Waals surface area contributed by atoms with Crippen molar-refractivity contribution < 1.29 is 23.1 Å². The lowest BCUT2D eigenvalue weighted by Crippen LogP contribution is -2.53. The molecular weight excluding hydrogens is 483 g/mol. The minimum atomic E-state index is -4.30. The summed E-state index contributed by atoms with van der Waals surface area (Å²) in [6, 6.07) is 5.78. The molecule has 190 valence electrons. The summed E-state index contributed by atoms with van der Waals surface area (Å²) in [6.45, 7) is 4.10. The molecule has 2 unspecified atom stereocenters. The van der Waals surface area contributed by atoms with Gasteiger partial charge in [-0.05, 0) is 30.0 Å². The quantitative estimate of drug-likeness (QED) is 0.524. The van der Waals surface area contributed by atoms with E-state index in [0.29, 0.717) is 49.6 Å². The molecule has 35 heavy (non-hydrogen) atoms. The largest absolute Gasteiger partial charge is 0.390 e.